The van der Waals surface area contributed by atoms with Crippen LogP contribution in [0.5, 0.6) is 0 Å². The number of amides is 5. The average Bonchev–Trinajstić information content (AvgIpc) is 2.98. The van der Waals surface area contributed by atoms with Crippen LogP contribution in [-0.2, 0) is 14.3 Å². The topological polar surface area (TPSA) is 108 Å². The fourth-order valence-electron chi connectivity index (χ4n) is 4.84. The van der Waals surface area contributed by atoms with E-state index in [0.717, 1.165) is 6.07 Å². The zero-order valence-corrected chi connectivity index (χ0v) is 18.9. The molecule has 2 atom stereocenters. The van der Waals surface area contributed by atoms with Crippen LogP contribution in [0.4, 0.5) is 31.5 Å². The first-order valence-electron chi connectivity index (χ1n) is 11.3. The number of hydrogen-bond donors (Lipinski definition) is 2. The van der Waals surface area contributed by atoms with Crippen molar-refractivity contribution in [1.82, 2.24) is 20.4 Å². The summed E-state index contributed by atoms with van der Waals surface area (Å²) >= 11 is 0. The third-order valence-electron chi connectivity index (χ3n) is 6.72. The van der Waals surface area contributed by atoms with Gasteiger partial charge in [0.1, 0.15) is 12.6 Å². The Kier molecular flexibility index (Phi) is 6.80. The molecular formula is C22H23F5N4O5. The van der Waals surface area contributed by atoms with Crippen LogP contribution in [0.25, 0.3) is 0 Å². The van der Waals surface area contributed by atoms with Crippen LogP contribution < -0.4 is 10.6 Å². The van der Waals surface area contributed by atoms with Gasteiger partial charge in [0.2, 0.25) is 5.91 Å². The highest BCUT2D eigenvalue weighted by atomic mass is 19.4. The van der Waals surface area contributed by atoms with Crippen LogP contribution in [-0.4, -0.2) is 77.7 Å². The first kappa shape index (κ1) is 25.6. The van der Waals surface area contributed by atoms with Gasteiger partial charge in [-0.25, -0.2) is 18.4 Å². The van der Waals surface area contributed by atoms with Gasteiger partial charge in [0.05, 0.1) is 0 Å². The molecule has 0 unspecified atom stereocenters. The summed E-state index contributed by atoms with van der Waals surface area (Å²) in [6.45, 7) is -2.12. The molecule has 3 fully saturated rings. The van der Waals surface area contributed by atoms with Crippen LogP contribution >= 0.6 is 0 Å². The minimum atomic E-state index is -4.75. The van der Waals surface area contributed by atoms with Gasteiger partial charge in [-0.15, -0.1) is 0 Å². The fraction of sp³-hybridized carbons (Fsp3) is 0.545. The first-order valence-corrected chi connectivity index (χ1v) is 11.3. The molecule has 3 saturated heterocycles. The van der Waals surface area contributed by atoms with Gasteiger partial charge < -0.3 is 19.9 Å². The van der Waals surface area contributed by atoms with Crippen LogP contribution in [0.1, 0.15) is 37.2 Å². The maximum Gasteiger partial charge on any atom is 0.415 e. The molecule has 4 rings (SSSR count). The van der Waals surface area contributed by atoms with Gasteiger partial charge in [0.15, 0.2) is 17.2 Å². The largest absolute Gasteiger partial charge is 0.432 e. The predicted octanol–water partition coefficient (Wildman–Crippen LogP) is 2.41. The van der Waals surface area contributed by atoms with Crippen molar-refractivity contribution in [3.63, 3.8) is 0 Å². The molecule has 1 aromatic carbocycles. The molecule has 196 valence electrons. The smallest absolute Gasteiger partial charge is 0.415 e. The lowest BCUT2D eigenvalue weighted by molar-refractivity contribution is -0.162. The summed E-state index contributed by atoms with van der Waals surface area (Å²) in [5, 5.41) is 4.48. The van der Waals surface area contributed by atoms with E-state index in [2.05, 4.69) is 5.32 Å². The Hall–Kier alpha value is -3.45. The summed E-state index contributed by atoms with van der Waals surface area (Å²) in [4.78, 5) is 50.9. The van der Waals surface area contributed by atoms with Gasteiger partial charge >= 0.3 is 18.3 Å². The molecule has 3 aliphatic heterocycles. The minimum Gasteiger partial charge on any atom is -0.432 e. The number of benzene rings is 1. The Labute approximate surface area is 201 Å². The van der Waals surface area contributed by atoms with Gasteiger partial charge in [0, 0.05) is 38.4 Å². The Morgan fingerprint density at radius 2 is 1.83 bits per heavy atom. The number of alkyl carbamates (subject to hydrolysis) is 1. The number of hydrogen-bond acceptors (Lipinski definition) is 5. The zero-order chi connectivity index (χ0) is 26.3. The van der Waals surface area contributed by atoms with Gasteiger partial charge in [-0.3, -0.25) is 14.9 Å². The number of urea groups is 1. The second-order valence-corrected chi connectivity index (χ2v) is 9.08. The van der Waals surface area contributed by atoms with E-state index in [0.29, 0.717) is 4.90 Å². The molecule has 3 aliphatic rings. The zero-order valence-electron chi connectivity index (χ0n) is 18.9. The molecule has 0 radical (unpaired) electrons. The lowest BCUT2D eigenvalue weighted by atomic mass is 9.91. The molecule has 5 amide bonds. The van der Waals surface area contributed by atoms with Crippen molar-refractivity contribution in [3.05, 3.63) is 35.4 Å². The molecule has 1 aromatic rings. The molecule has 3 heterocycles. The van der Waals surface area contributed by atoms with E-state index >= 15 is 0 Å². The number of alkyl halides is 3. The van der Waals surface area contributed by atoms with Crippen molar-refractivity contribution >= 4 is 23.9 Å². The number of carbonyl (C=O) groups excluding carboxylic acids is 4. The van der Waals surface area contributed by atoms with Crippen LogP contribution in [0.2, 0.25) is 0 Å². The number of nitrogens with zero attached hydrogens (tertiary/aromatic N) is 2. The number of carbonyl (C=O) groups is 4. The van der Waals surface area contributed by atoms with Crippen LogP contribution in [0, 0.1) is 11.6 Å². The van der Waals surface area contributed by atoms with E-state index in [4.69, 9.17) is 4.74 Å². The summed E-state index contributed by atoms with van der Waals surface area (Å²) in [6, 6.07) is 1.31. The summed E-state index contributed by atoms with van der Waals surface area (Å²) in [5.41, 5.74) is -1.52. The van der Waals surface area contributed by atoms with Crippen LogP contribution in [0.15, 0.2) is 18.2 Å². The fourth-order valence-corrected chi connectivity index (χ4v) is 4.84. The van der Waals surface area contributed by atoms with Gasteiger partial charge in [-0.2, -0.15) is 13.2 Å². The van der Waals surface area contributed by atoms with Crippen molar-refractivity contribution in [2.24, 2.45) is 0 Å². The molecule has 1 spiro atoms. The molecular weight excluding hydrogens is 495 g/mol. The molecule has 36 heavy (non-hydrogen) atoms. The Morgan fingerprint density at radius 3 is 2.44 bits per heavy atom. The summed E-state index contributed by atoms with van der Waals surface area (Å²) in [5.74, 6) is -4.86. The molecule has 0 bridgehead atoms. The Bertz CT molecular complexity index is 1070. The number of nitrogens with one attached hydrogen (secondary N) is 2. The first-order chi connectivity index (χ1) is 16.9. The quantitative estimate of drug-likeness (QED) is 0.598. The third kappa shape index (κ3) is 5.21. The second kappa shape index (κ2) is 9.54. The Morgan fingerprint density at radius 1 is 1.14 bits per heavy atom. The van der Waals surface area contributed by atoms with E-state index in [9.17, 15) is 41.1 Å². The van der Waals surface area contributed by atoms with Crippen molar-refractivity contribution in [2.75, 3.05) is 26.2 Å². The van der Waals surface area contributed by atoms with Gasteiger partial charge in [-0.1, -0.05) is 12.1 Å². The van der Waals surface area contributed by atoms with E-state index in [1.54, 1.807) is 0 Å². The summed E-state index contributed by atoms with van der Waals surface area (Å²) in [6.07, 6.45) is -5.69. The van der Waals surface area contributed by atoms with Crippen molar-refractivity contribution in [3.8, 4) is 0 Å². The molecule has 9 nitrogen and oxygen atoms in total. The SMILES string of the molecule is O=C1NC(=O)C2(CCN(C(=O)N[C@@H]3CC[C@@H](c4cccc(F)c4F)CN(CC(F)(F)F)C3=O)CC2)O1. The monoisotopic (exact) mass is 518 g/mol. The van der Waals surface area contributed by atoms with Crippen molar-refractivity contribution in [2.45, 2.75) is 49.4 Å². The highest BCUT2D eigenvalue weighted by Crippen LogP contribution is 2.33. The summed E-state index contributed by atoms with van der Waals surface area (Å²) in [7, 11) is 0. The second-order valence-electron chi connectivity index (χ2n) is 9.08. The lowest BCUT2D eigenvalue weighted by Gasteiger charge is -2.36. The number of rotatable bonds is 3. The predicted molar refractivity (Wildman–Crippen MR) is 111 cm³/mol. The minimum absolute atomic E-state index is 0.00314. The van der Waals surface area contributed by atoms with E-state index < -0.39 is 72.4 Å². The number of halogens is 5. The third-order valence-corrected chi connectivity index (χ3v) is 6.72. The number of ether oxygens (including phenoxy) is 1. The van der Waals surface area contributed by atoms with Crippen molar-refractivity contribution in [1.29, 1.82) is 0 Å². The number of piperidine rings is 1. The van der Waals surface area contributed by atoms with E-state index in [1.807, 2.05) is 5.32 Å². The highest BCUT2D eigenvalue weighted by molar-refractivity contribution is 6.03. The highest BCUT2D eigenvalue weighted by Gasteiger charge is 2.51. The molecule has 0 saturated carbocycles. The van der Waals surface area contributed by atoms with Gasteiger partial charge in [0.25, 0.3) is 5.91 Å². The lowest BCUT2D eigenvalue weighted by Crippen LogP contribution is -2.56. The maximum absolute atomic E-state index is 14.4. The molecule has 2 N–H and O–H groups in total. The van der Waals surface area contributed by atoms with Crippen molar-refractivity contribution < 1.29 is 45.9 Å². The number of likely N-dealkylation sites (tertiary alicyclic amines) is 2. The van der Waals surface area contributed by atoms with Gasteiger partial charge in [-0.05, 0) is 24.5 Å². The van der Waals surface area contributed by atoms with E-state index in [-0.39, 0.29) is 44.3 Å². The summed E-state index contributed by atoms with van der Waals surface area (Å²) < 4.78 is 72.8. The number of imide groups is 1. The molecule has 0 aromatic heterocycles. The molecule has 14 heteroatoms. The standard InChI is InChI=1S/C22H23F5N4O5/c23-14-3-1-2-13(16(14)24)12-4-5-15(17(32)31(10-12)11-22(25,26)27)28-19(34)30-8-6-21(7-9-30)18(33)29-20(35)36-21/h1-3,12,15H,4-11H2,(H,28,34)(H,29,33,35)/t12-,15-/m1/s1. The maximum atomic E-state index is 14.4. The van der Waals surface area contributed by atoms with E-state index in [1.165, 1.54) is 17.0 Å². The Balaban J connectivity index is 1.47. The average molecular weight is 518 g/mol. The molecule has 0 aliphatic carbocycles. The van der Waals surface area contributed by atoms with Crippen LogP contribution in [0.3, 0.4) is 0 Å². The normalized spacial score (nSPS) is 24.4.